The van der Waals surface area contributed by atoms with Crippen LogP contribution >= 0.6 is 0 Å². The Balaban J connectivity index is 1.34. The first-order valence-corrected chi connectivity index (χ1v) is 16.4. The highest BCUT2D eigenvalue weighted by molar-refractivity contribution is 5.60. The lowest BCUT2D eigenvalue weighted by Gasteiger charge is -2.37. The van der Waals surface area contributed by atoms with E-state index in [1.807, 2.05) is 97.1 Å². The Hall–Kier alpha value is -4.74. The van der Waals surface area contributed by atoms with Crippen molar-refractivity contribution in [2.75, 3.05) is 0 Å². The van der Waals surface area contributed by atoms with Crippen LogP contribution in [0.1, 0.15) is 70.9 Å². The second kappa shape index (κ2) is 14.4. The van der Waals surface area contributed by atoms with Gasteiger partial charge in [0.25, 0.3) is 0 Å². The highest BCUT2D eigenvalue weighted by Crippen LogP contribution is 2.47. The van der Waals surface area contributed by atoms with Crippen molar-refractivity contribution in [3.8, 4) is 23.0 Å². The molecule has 1 aliphatic rings. The molecule has 1 atom stereocenters. The third-order valence-electron chi connectivity index (χ3n) is 8.94. The number of aliphatic hydroxyl groups is 1. The summed E-state index contributed by atoms with van der Waals surface area (Å²) in [6, 6.07) is 36.2. The van der Waals surface area contributed by atoms with Crippen LogP contribution in [0, 0.1) is 13.8 Å². The third-order valence-corrected chi connectivity index (χ3v) is 8.94. The van der Waals surface area contributed by atoms with Crippen LogP contribution < -0.4 is 18.9 Å². The molecule has 242 valence electrons. The summed E-state index contributed by atoms with van der Waals surface area (Å²) in [4.78, 5) is 0. The summed E-state index contributed by atoms with van der Waals surface area (Å²) in [5.41, 5.74) is 7.69. The fraction of sp³-hybridized carbons (Fsp3) is 0.286. The van der Waals surface area contributed by atoms with Crippen molar-refractivity contribution in [3.05, 3.63) is 154 Å². The van der Waals surface area contributed by atoms with E-state index in [9.17, 15) is 5.11 Å². The first-order chi connectivity index (χ1) is 22.8. The van der Waals surface area contributed by atoms with Crippen LogP contribution in [0.15, 0.2) is 109 Å². The minimum Gasteiger partial charge on any atom is -0.489 e. The first-order valence-electron chi connectivity index (χ1n) is 16.4. The summed E-state index contributed by atoms with van der Waals surface area (Å²) in [5, 5.41) is 12.2. The van der Waals surface area contributed by atoms with Gasteiger partial charge in [0.1, 0.15) is 48.4 Å². The highest BCUT2D eigenvalue weighted by Gasteiger charge is 2.34. The van der Waals surface area contributed by atoms with E-state index < -0.39 is 6.10 Å². The van der Waals surface area contributed by atoms with E-state index >= 15 is 0 Å². The fourth-order valence-electron chi connectivity index (χ4n) is 6.15. The molecule has 1 heterocycles. The molecule has 5 aromatic rings. The van der Waals surface area contributed by atoms with E-state index in [1.54, 1.807) is 0 Å². The molecule has 5 aromatic carbocycles. The molecule has 1 aliphatic heterocycles. The van der Waals surface area contributed by atoms with Gasteiger partial charge in [-0.25, -0.2) is 0 Å². The number of rotatable bonds is 12. The number of benzene rings is 5. The van der Waals surface area contributed by atoms with E-state index in [0.717, 1.165) is 68.8 Å². The first kappa shape index (κ1) is 32.2. The van der Waals surface area contributed by atoms with Crippen molar-refractivity contribution in [2.24, 2.45) is 0 Å². The summed E-state index contributed by atoms with van der Waals surface area (Å²) in [6.07, 6.45) is 1.12. The average Bonchev–Trinajstić information content (AvgIpc) is 3.09. The number of ether oxygens (including phenoxy) is 4. The lowest BCUT2D eigenvalue weighted by Crippen LogP contribution is -2.34. The molecule has 1 N–H and O–H groups in total. The second-order valence-electron chi connectivity index (χ2n) is 13.0. The maximum absolute atomic E-state index is 12.2. The Kier molecular flexibility index (Phi) is 9.84. The van der Waals surface area contributed by atoms with Crippen LogP contribution in [0.4, 0.5) is 0 Å². The Morgan fingerprint density at radius 3 is 1.85 bits per heavy atom. The topological polar surface area (TPSA) is 57.2 Å². The molecule has 0 radical (unpaired) electrons. The van der Waals surface area contributed by atoms with Gasteiger partial charge in [-0.2, -0.15) is 0 Å². The minimum absolute atomic E-state index is 0.285. The Morgan fingerprint density at radius 2 is 1.26 bits per heavy atom. The van der Waals surface area contributed by atoms with Crippen molar-refractivity contribution in [3.63, 3.8) is 0 Å². The number of hydrogen-bond donors (Lipinski definition) is 1. The smallest absolute Gasteiger partial charge is 0.129 e. The largest absolute Gasteiger partial charge is 0.489 e. The van der Waals surface area contributed by atoms with Crippen LogP contribution in [0.25, 0.3) is 0 Å². The van der Waals surface area contributed by atoms with Crippen molar-refractivity contribution in [1.82, 2.24) is 0 Å². The molecule has 1 unspecified atom stereocenters. The molecule has 6 rings (SSSR count). The predicted octanol–water partition coefficient (Wildman–Crippen LogP) is 9.42. The second-order valence-corrected chi connectivity index (χ2v) is 13.0. The van der Waals surface area contributed by atoms with E-state index in [1.165, 1.54) is 0 Å². The van der Waals surface area contributed by atoms with Gasteiger partial charge in [-0.3, -0.25) is 0 Å². The van der Waals surface area contributed by atoms with Gasteiger partial charge in [0, 0.05) is 23.6 Å². The van der Waals surface area contributed by atoms with E-state index in [0.29, 0.717) is 37.7 Å². The van der Waals surface area contributed by atoms with Gasteiger partial charge in [0.05, 0.1) is 6.10 Å². The molecule has 0 aromatic heterocycles. The Bertz CT molecular complexity index is 1780. The molecule has 0 saturated heterocycles. The quantitative estimate of drug-likeness (QED) is 0.149. The van der Waals surface area contributed by atoms with Gasteiger partial charge in [-0.15, -0.1) is 0 Å². The molecule has 5 nitrogen and oxygen atoms in total. The van der Waals surface area contributed by atoms with E-state index in [-0.39, 0.29) is 5.60 Å². The summed E-state index contributed by atoms with van der Waals surface area (Å²) in [6.45, 7) is 9.66. The van der Waals surface area contributed by atoms with Gasteiger partial charge in [-0.05, 0) is 80.0 Å². The van der Waals surface area contributed by atoms with Crippen LogP contribution in [0.3, 0.4) is 0 Å². The van der Waals surface area contributed by atoms with Gasteiger partial charge < -0.3 is 24.1 Å². The third kappa shape index (κ3) is 7.81. The zero-order chi connectivity index (χ0) is 32.8. The van der Waals surface area contributed by atoms with Gasteiger partial charge in [-0.1, -0.05) is 97.1 Å². The Labute approximate surface area is 278 Å². The maximum atomic E-state index is 12.2. The Morgan fingerprint density at radius 1 is 0.702 bits per heavy atom. The highest BCUT2D eigenvalue weighted by atomic mass is 16.5. The van der Waals surface area contributed by atoms with Crippen LogP contribution in [-0.4, -0.2) is 10.7 Å². The normalized spacial score (nSPS) is 14.1. The number of hydrogen-bond acceptors (Lipinski definition) is 5. The average molecular weight is 629 g/mol. The molecular formula is C42H44O5. The van der Waals surface area contributed by atoms with E-state index in [2.05, 4.69) is 39.8 Å². The molecular weight excluding hydrogens is 584 g/mol. The van der Waals surface area contributed by atoms with Crippen molar-refractivity contribution >= 4 is 0 Å². The molecule has 47 heavy (non-hydrogen) atoms. The maximum Gasteiger partial charge on any atom is 0.129 e. The zero-order valence-electron chi connectivity index (χ0n) is 27.8. The summed E-state index contributed by atoms with van der Waals surface area (Å²) in [7, 11) is 0. The summed E-state index contributed by atoms with van der Waals surface area (Å²) in [5.74, 6) is 2.99. The SMILES string of the molecule is Cc1c(C)c(OCc2ccccc2)c(C(O)Cc2ccc(OCc3ccccc3)cc2OCc2ccccc2)c2c1OC(C)(C)CC2. The fourth-order valence-corrected chi connectivity index (χ4v) is 6.15. The van der Waals surface area contributed by atoms with Crippen LogP contribution in [0.2, 0.25) is 0 Å². The monoisotopic (exact) mass is 628 g/mol. The number of aliphatic hydroxyl groups excluding tert-OH is 1. The minimum atomic E-state index is -0.853. The van der Waals surface area contributed by atoms with Crippen molar-refractivity contribution in [1.29, 1.82) is 0 Å². The van der Waals surface area contributed by atoms with Crippen molar-refractivity contribution in [2.45, 2.75) is 78.5 Å². The zero-order valence-corrected chi connectivity index (χ0v) is 27.8. The summed E-state index contributed by atoms with van der Waals surface area (Å²) < 4.78 is 25.7. The summed E-state index contributed by atoms with van der Waals surface area (Å²) >= 11 is 0. The van der Waals surface area contributed by atoms with Gasteiger partial charge in [0.2, 0.25) is 0 Å². The molecule has 0 bridgehead atoms. The number of fused-ring (bicyclic) bond motifs is 1. The van der Waals surface area contributed by atoms with E-state index in [4.69, 9.17) is 18.9 Å². The van der Waals surface area contributed by atoms with Gasteiger partial charge in [0.15, 0.2) is 0 Å². The van der Waals surface area contributed by atoms with Crippen LogP contribution in [-0.2, 0) is 32.7 Å². The van der Waals surface area contributed by atoms with Crippen LogP contribution in [0.5, 0.6) is 23.0 Å². The standard InChI is InChI=1S/C42H44O5/c1-29-30(2)41(46-28-33-18-12-7-13-19-33)39(36-22-23-42(3,4)47-40(29)36)37(43)24-34-20-21-35(44-26-31-14-8-5-9-15-31)25-38(34)45-27-32-16-10-6-11-17-32/h5-21,25,37,43H,22-24,26-28H2,1-4H3. The van der Waals surface area contributed by atoms with Gasteiger partial charge >= 0.3 is 0 Å². The van der Waals surface area contributed by atoms with Crippen molar-refractivity contribution < 1.29 is 24.1 Å². The molecule has 5 heteroatoms. The molecule has 0 aliphatic carbocycles. The molecule has 0 amide bonds. The lowest BCUT2D eigenvalue weighted by molar-refractivity contribution is 0.0806. The molecule has 0 fully saturated rings. The predicted molar refractivity (Wildman–Crippen MR) is 186 cm³/mol. The lowest BCUT2D eigenvalue weighted by atomic mass is 9.84. The molecule has 0 spiro atoms. The molecule has 0 saturated carbocycles.